The summed E-state index contributed by atoms with van der Waals surface area (Å²) in [6, 6.07) is 22.3. The molecule has 0 atom stereocenters. The van der Waals surface area contributed by atoms with E-state index in [-0.39, 0.29) is 28.9 Å². The van der Waals surface area contributed by atoms with Crippen LogP contribution in [-0.2, 0) is 0 Å². The van der Waals surface area contributed by atoms with Crippen LogP contribution in [0.3, 0.4) is 0 Å². The van der Waals surface area contributed by atoms with E-state index < -0.39 is 0 Å². The number of carbonyl (C=O) groups excluding carboxylic acids is 5. The van der Waals surface area contributed by atoms with Crippen LogP contribution in [0.25, 0.3) is 0 Å². The molecule has 0 spiro atoms. The minimum absolute atomic E-state index is 0.185. The van der Waals surface area contributed by atoms with Crippen molar-refractivity contribution in [1.29, 1.82) is 0 Å². The fourth-order valence-corrected chi connectivity index (χ4v) is 3.92. The van der Waals surface area contributed by atoms with Crippen molar-refractivity contribution >= 4 is 28.9 Å². The van der Waals surface area contributed by atoms with Crippen LogP contribution in [0.2, 0.25) is 0 Å². The predicted molar refractivity (Wildman–Crippen MR) is 149 cm³/mol. The molecular weight excluding hydrogens is 508 g/mol. The summed E-state index contributed by atoms with van der Waals surface area (Å²) in [5.41, 5.74) is 2.34. The third-order valence-electron chi connectivity index (χ3n) is 6.14. The maximum Gasteiger partial charge on any atom is 0.193 e. The second-order valence-electron chi connectivity index (χ2n) is 9.30. The van der Waals surface area contributed by atoms with E-state index in [4.69, 9.17) is 9.47 Å². The molecule has 7 heteroatoms. The van der Waals surface area contributed by atoms with Crippen LogP contribution in [-0.4, -0.2) is 28.9 Å². The molecule has 0 aliphatic heterocycles. The Morgan fingerprint density at radius 3 is 0.900 bits per heavy atom. The summed E-state index contributed by atoms with van der Waals surface area (Å²) in [6.45, 7) is 5.66. The summed E-state index contributed by atoms with van der Waals surface area (Å²) in [5, 5.41) is 0. The molecule has 40 heavy (non-hydrogen) atoms. The molecule has 0 heterocycles. The predicted octanol–water partition coefficient (Wildman–Crippen LogP) is 7.31. The Labute approximate surface area is 231 Å². The molecule has 0 radical (unpaired) electrons. The highest BCUT2D eigenvalue weighted by Gasteiger charge is 2.13. The van der Waals surface area contributed by atoms with Crippen molar-refractivity contribution in [1.82, 2.24) is 0 Å². The number of ether oxygens (including phenoxy) is 2. The van der Waals surface area contributed by atoms with Crippen molar-refractivity contribution < 1.29 is 33.4 Å². The van der Waals surface area contributed by atoms with Crippen molar-refractivity contribution in [2.45, 2.75) is 27.7 Å². The van der Waals surface area contributed by atoms with Gasteiger partial charge < -0.3 is 9.47 Å². The molecule has 0 aliphatic carbocycles. The van der Waals surface area contributed by atoms with Crippen LogP contribution in [0, 0.1) is 0 Å². The first-order valence-corrected chi connectivity index (χ1v) is 12.4. The first-order chi connectivity index (χ1) is 19.0. The average molecular weight is 535 g/mol. The number of benzene rings is 4. The van der Waals surface area contributed by atoms with E-state index in [0.29, 0.717) is 56.4 Å². The molecule has 0 aliphatic rings. The zero-order valence-electron chi connectivity index (χ0n) is 22.4. The summed E-state index contributed by atoms with van der Waals surface area (Å²) in [5.74, 6) is 0.612. The van der Waals surface area contributed by atoms with Gasteiger partial charge >= 0.3 is 0 Å². The van der Waals surface area contributed by atoms with Gasteiger partial charge in [0.2, 0.25) is 0 Å². The fraction of sp³-hybridized carbons (Fsp3) is 0.121. The molecule has 0 amide bonds. The average Bonchev–Trinajstić information content (AvgIpc) is 2.93. The van der Waals surface area contributed by atoms with E-state index in [1.54, 1.807) is 72.8 Å². The van der Waals surface area contributed by atoms with Crippen LogP contribution in [0.15, 0.2) is 84.9 Å². The lowest BCUT2D eigenvalue weighted by molar-refractivity contribution is 0.0997. The maximum atomic E-state index is 13.0. The highest BCUT2D eigenvalue weighted by molar-refractivity contribution is 6.09. The fourth-order valence-electron chi connectivity index (χ4n) is 3.92. The standard InChI is InChI=1S/C33H26O7/c1-19(34)25-13-26(20(2)35)16-31(15-25)39-29-9-5-23(6-10-29)33(38)24-7-11-30(12-8-24)40-32-17-27(21(3)36)14-28(18-32)22(4)37/h5-18H,1-4H3. The number of hydrogen-bond donors (Lipinski definition) is 0. The molecule has 4 rings (SSSR count). The minimum Gasteiger partial charge on any atom is -0.457 e. The van der Waals surface area contributed by atoms with Crippen molar-refractivity contribution in [2.75, 3.05) is 0 Å². The molecule has 0 aromatic heterocycles. The Hall–Kier alpha value is -5.17. The van der Waals surface area contributed by atoms with E-state index in [1.165, 1.54) is 39.8 Å². The zero-order chi connectivity index (χ0) is 29.0. The number of carbonyl (C=O) groups is 5. The second-order valence-corrected chi connectivity index (χ2v) is 9.30. The highest BCUT2D eigenvalue weighted by Crippen LogP contribution is 2.28. The molecule has 4 aromatic rings. The molecule has 200 valence electrons. The normalized spacial score (nSPS) is 10.5. The van der Waals surface area contributed by atoms with Crippen LogP contribution in [0.4, 0.5) is 0 Å². The van der Waals surface area contributed by atoms with Crippen LogP contribution < -0.4 is 9.47 Å². The Kier molecular flexibility index (Phi) is 8.15. The van der Waals surface area contributed by atoms with E-state index >= 15 is 0 Å². The van der Waals surface area contributed by atoms with Crippen molar-refractivity contribution in [3.8, 4) is 23.0 Å². The Balaban J connectivity index is 1.48. The summed E-state index contributed by atoms with van der Waals surface area (Å²) < 4.78 is 11.7. The Morgan fingerprint density at radius 1 is 0.375 bits per heavy atom. The van der Waals surface area contributed by atoms with Gasteiger partial charge in [-0.3, -0.25) is 24.0 Å². The Bertz CT molecular complexity index is 1460. The Morgan fingerprint density at radius 2 is 0.650 bits per heavy atom. The summed E-state index contributed by atoms with van der Waals surface area (Å²) in [6.07, 6.45) is 0. The van der Waals surface area contributed by atoms with Gasteiger partial charge in [0.05, 0.1) is 0 Å². The van der Waals surface area contributed by atoms with Gasteiger partial charge in [-0.05, 0) is 113 Å². The summed E-state index contributed by atoms with van der Waals surface area (Å²) in [4.78, 5) is 60.4. The smallest absolute Gasteiger partial charge is 0.193 e. The quantitative estimate of drug-likeness (QED) is 0.196. The van der Waals surface area contributed by atoms with Gasteiger partial charge in [0, 0.05) is 33.4 Å². The van der Waals surface area contributed by atoms with Gasteiger partial charge in [-0.15, -0.1) is 0 Å². The monoisotopic (exact) mass is 534 g/mol. The molecular formula is C33H26O7. The summed E-state index contributed by atoms with van der Waals surface area (Å²) in [7, 11) is 0. The SMILES string of the molecule is CC(=O)c1cc(Oc2ccc(C(=O)c3ccc(Oc4cc(C(C)=O)cc(C(C)=O)c4)cc3)cc2)cc(C(C)=O)c1. The van der Waals surface area contributed by atoms with Crippen molar-refractivity contribution in [3.63, 3.8) is 0 Å². The first-order valence-electron chi connectivity index (χ1n) is 12.4. The number of Topliss-reactive ketones (excluding diaryl/α,β-unsaturated/α-hetero) is 4. The van der Waals surface area contributed by atoms with Crippen LogP contribution in [0.5, 0.6) is 23.0 Å². The van der Waals surface area contributed by atoms with E-state index in [2.05, 4.69) is 0 Å². The number of hydrogen-bond acceptors (Lipinski definition) is 7. The van der Waals surface area contributed by atoms with Crippen molar-refractivity contribution in [3.05, 3.63) is 118 Å². The molecule has 0 saturated carbocycles. The van der Waals surface area contributed by atoms with Crippen LogP contribution in [0.1, 0.15) is 85.0 Å². The van der Waals surface area contributed by atoms with Gasteiger partial charge in [0.1, 0.15) is 23.0 Å². The molecule has 0 bridgehead atoms. The molecule has 0 N–H and O–H groups in total. The van der Waals surface area contributed by atoms with E-state index in [1.807, 2.05) is 0 Å². The van der Waals surface area contributed by atoms with E-state index in [0.717, 1.165) is 0 Å². The molecule has 0 fully saturated rings. The highest BCUT2D eigenvalue weighted by atomic mass is 16.5. The topological polar surface area (TPSA) is 104 Å². The minimum atomic E-state index is -0.215. The third kappa shape index (κ3) is 6.63. The largest absolute Gasteiger partial charge is 0.457 e. The van der Waals surface area contributed by atoms with Gasteiger partial charge in [-0.2, -0.15) is 0 Å². The lowest BCUT2D eigenvalue weighted by atomic mass is 10.0. The summed E-state index contributed by atoms with van der Waals surface area (Å²) >= 11 is 0. The second kappa shape index (κ2) is 11.7. The lowest BCUT2D eigenvalue weighted by Crippen LogP contribution is -2.02. The maximum absolute atomic E-state index is 13.0. The van der Waals surface area contributed by atoms with Crippen molar-refractivity contribution in [2.24, 2.45) is 0 Å². The lowest BCUT2D eigenvalue weighted by Gasteiger charge is -2.10. The van der Waals surface area contributed by atoms with Gasteiger partial charge in [-0.25, -0.2) is 0 Å². The first kappa shape index (κ1) is 27.9. The zero-order valence-corrected chi connectivity index (χ0v) is 22.4. The van der Waals surface area contributed by atoms with Crippen LogP contribution >= 0.6 is 0 Å². The molecule has 7 nitrogen and oxygen atoms in total. The number of ketones is 5. The van der Waals surface area contributed by atoms with Gasteiger partial charge in [0.25, 0.3) is 0 Å². The molecule has 0 unspecified atom stereocenters. The molecule has 0 saturated heterocycles. The van der Waals surface area contributed by atoms with Gasteiger partial charge in [-0.1, -0.05) is 0 Å². The third-order valence-corrected chi connectivity index (χ3v) is 6.14. The molecule has 4 aromatic carbocycles. The number of rotatable bonds is 10. The van der Waals surface area contributed by atoms with Gasteiger partial charge in [0.15, 0.2) is 28.9 Å². The van der Waals surface area contributed by atoms with E-state index in [9.17, 15) is 24.0 Å².